The van der Waals surface area contributed by atoms with E-state index in [1.165, 1.54) is 21.4 Å². The highest BCUT2D eigenvalue weighted by molar-refractivity contribution is 7.13. The van der Waals surface area contributed by atoms with Crippen molar-refractivity contribution in [2.24, 2.45) is 0 Å². The van der Waals surface area contributed by atoms with Crippen LogP contribution >= 0.6 is 11.3 Å². The summed E-state index contributed by atoms with van der Waals surface area (Å²) < 4.78 is 0. The minimum atomic E-state index is -0.338. The van der Waals surface area contributed by atoms with E-state index in [0.29, 0.717) is 30.1 Å². The molecule has 0 aliphatic carbocycles. The molecule has 1 aliphatic rings. The maximum Gasteiger partial charge on any atom is 0.291 e. The van der Waals surface area contributed by atoms with Gasteiger partial charge in [-0.05, 0) is 37.1 Å². The first-order valence-electron chi connectivity index (χ1n) is 9.86. The summed E-state index contributed by atoms with van der Waals surface area (Å²) in [5.74, 6) is -0.984. The van der Waals surface area contributed by atoms with Crippen molar-refractivity contribution < 1.29 is 14.4 Å². The Bertz CT molecular complexity index is 1120. The van der Waals surface area contributed by atoms with E-state index >= 15 is 0 Å². The molecule has 0 bridgehead atoms. The molecular formula is C22H21N5O3S. The zero-order valence-electron chi connectivity index (χ0n) is 16.9. The van der Waals surface area contributed by atoms with Crippen LogP contribution in [0.3, 0.4) is 0 Å². The van der Waals surface area contributed by atoms with Gasteiger partial charge in [0.05, 0.1) is 6.54 Å². The van der Waals surface area contributed by atoms with E-state index in [9.17, 15) is 14.4 Å². The topological polar surface area (TPSA) is 95.5 Å². The van der Waals surface area contributed by atoms with Gasteiger partial charge < -0.3 is 5.32 Å². The highest BCUT2D eigenvalue weighted by Gasteiger charge is 2.32. The Hall–Kier alpha value is -3.59. The van der Waals surface area contributed by atoms with Crippen LogP contribution < -0.4 is 5.32 Å². The number of carbonyl (C=O) groups is 3. The summed E-state index contributed by atoms with van der Waals surface area (Å²) in [7, 11) is 0. The molecule has 2 aromatic heterocycles. The Morgan fingerprint density at radius 1 is 1.10 bits per heavy atom. The van der Waals surface area contributed by atoms with Crippen LogP contribution in [0.1, 0.15) is 32.8 Å². The SMILES string of the molecule is Cc1ccccc1C(=O)NCC(=O)N1CCCN1C(=O)c1csc(-c2cccnc2)n1. The van der Waals surface area contributed by atoms with E-state index in [0.717, 1.165) is 11.1 Å². The van der Waals surface area contributed by atoms with Gasteiger partial charge in [-0.1, -0.05) is 18.2 Å². The number of nitrogens with zero attached hydrogens (tertiary/aromatic N) is 4. The number of hydrazine groups is 1. The lowest BCUT2D eigenvalue weighted by Crippen LogP contribution is -2.48. The molecule has 0 saturated carbocycles. The van der Waals surface area contributed by atoms with Crippen molar-refractivity contribution in [1.82, 2.24) is 25.3 Å². The van der Waals surface area contributed by atoms with Crippen LogP contribution in [0.15, 0.2) is 54.2 Å². The number of nitrogens with one attached hydrogen (secondary N) is 1. The Morgan fingerprint density at radius 3 is 2.68 bits per heavy atom. The quantitative estimate of drug-likeness (QED) is 0.665. The van der Waals surface area contributed by atoms with Crippen LogP contribution in [0.25, 0.3) is 10.6 Å². The first-order valence-corrected chi connectivity index (χ1v) is 10.7. The number of rotatable bonds is 5. The molecule has 0 atom stereocenters. The largest absolute Gasteiger partial charge is 0.343 e. The molecule has 3 amide bonds. The molecule has 9 heteroatoms. The van der Waals surface area contributed by atoms with Gasteiger partial charge in [-0.15, -0.1) is 11.3 Å². The Labute approximate surface area is 183 Å². The lowest BCUT2D eigenvalue weighted by molar-refractivity contribution is -0.139. The third-order valence-corrected chi connectivity index (χ3v) is 5.87. The normalized spacial score (nSPS) is 13.3. The van der Waals surface area contributed by atoms with Crippen LogP contribution in [-0.4, -0.2) is 57.3 Å². The van der Waals surface area contributed by atoms with Crippen LogP contribution in [-0.2, 0) is 4.79 Å². The summed E-state index contributed by atoms with van der Waals surface area (Å²) in [6.07, 6.45) is 4.04. The fourth-order valence-electron chi connectivity index (χ4n) is 3.38. The van der Waals surface area contributed by atoms with Gasteiger partial charge in [-0.2, -0.15) is 0 Å². The summed E-state index contributed by atoms with van der Waals surface area (Å²) in [5, 5.41) is 7.83. The number of pyridine rings is 1. The molecule has 0 unspecified atom stereocenters. The number of amides is 3. The van der Waals surface area contributed by atoms with Crippen molar-refractivity contribution in [2.45, 2.75) is 13.3 Å². The standard InChI is InChI=1S/C22H21N5O3S/c1-15-6-2-3-8-17(15)20(29)24-13-19(28)26-10-5-11-27(26)22(30)18-14-31-21(25-18)16-7-4-9-23-12-16/h2-4,6-9,12,14H,5,10-11,13H2,1H3,(H,24,29). The Balaban J connectivity index is 1.41. The summed E-state index contributed by atoms with van der Waals surface area (Å²) >= 11 is 1.35. The van der Waals surface area contributed by atoms with Gasteiger partial charge in [0.1, 0.15) is 10.7 Å². The fourth-order valence-corrected chi connectivity index (χ4v) is 4.16. The average Bonchev–Trinajstić information content (AvgIpc) is 3.48. The number of hydrogen-bond donors (Lipinski definition) is 1. The van der Waals surface area contributed by atoms with Gasteiger partial charge >= 0.3 is 0 Å². The maximum absolute atomic E-state index is 13.0. The first-order chi connectivity index (χ1) is 15.0. The minimum Gasteiger partial charge on any atom is -0.343 e. The number of thiazole rings is 1. The molecule has 158 valence electrons. The van der Waals surface area contributed by atoms with E-state index in [2.05, 4.69) is 15.3 Å². The van der Waals surface area contributed by atoms with Gasteiger partial charge in [-0.25, -0.2) is 15.0 Å². The van der Waals surface area contributed by atoms with Crippen LogP contribution in [0.4, 0.5) is 0 Å². The molecule has 1 saturated heterocycles. The maximum atomic E-state index is 13.0. The van der Waals surface area contributed by atoms with Crippen molar-refractivity contribution >= 4 is 29.1 Å². The predicted molar refractivity (Wildman–Crippen MR) is 116 cm³/mol. The van der Waals surface area contributed by atoms with E-state index in [-0.39, 0.29) is 30.0 Å². The molecule has 1 N–H and O–H groups in total. The molecule has 31 heavy (non-hydrogen) atoms. The van der Waals surface area contributed by atoms with Crippen LogP contribution in [0, 0.1) is 6.92 Å². The van der Waals surface area contributed by atoms with Gasteiger partial charge in [0.25, 0.3) is 17.7 Å². The number of hydrogen-bond acceptors (Lipinski definition) is 6. The monoisotopic (exact) mass is 435 g/mol. The van der Waals surface area contributed by atoms with Crippen molar-refractivity contribution in [3.05, 3.63) is 71.0 Å². The molecule has 0 spiro atoms. The number of carbonyl (C=O) groups excluding carboxylic acids is 3. The predicted octanol–water partition coefficient (Wildman–Crippen LogP) is 2.53. The first kappa shape index (κ1) is 20.7. The number of aromatic nitrogens is 2. The minimum absolute atomic E-state index is 0.186. The summed E-state index contributed by atoms with van der Waals surface area (Å²) in [4.78, 5) is 46.6. The van der Waals surface area contributed by atoms with Gasteiger partial charge in [-0.3, -0.25) is 19.4 Å². The highest BCUT2D eigenvalue weighted by Crippen LogP contribution is 2.24. The Morgan fingerprint density at radius 2 is 1.90 bits per heavy atom. The number of aryl methyl sites for hydroxylation is 1. The summed E-state index contributed by atoms with van der Waals surface area (Å²) in [6, 6.07) is 10.9. The molecule has 3 aromatic rings. The molecule has 1 fully saturated rings. The second kappa shape index (κ2) is 9.05. The second-order valence-corrected chi connectivity index (χ2v) is 7.93. The molecular weight excluding hydrogens is 414 g/mol. The second-order valence-electron chi connectivity index (χ2n) is 7.08. The Kier molecular flexibility index (Phi) is 6.03. The molecule has 0 radical (unpaired) electrons. The van der Waals surface area contributed by atoms with Crippen molar-refractivity contribution in [3.8, 4) is 10.6 Å². The number of benzene rings is 1. The lowest BCUT2D eigenvalue weighted by Gasteiger charge is -2.27. The molecule has 1 aliphatic heterocycles. The fraction of sp³-hybridized carbons (Fsp3) is 0.227. The van der Waals surface area contributed by atoms with Gasteiger partial charge in [0.2, 0.25) is 0 Å². The average molecular weight is 436 g/mol. The van der Waals surface area contributed by atoms with Crippen molar-refractivity contribution in [3.63, 3.8) is 0 Å². The molecule has 1 aromatic carbocycles. The third kappa shape index (κ3) is 4.46. The third-order valence-electron chi connectivity index (χ3n) is 4.98. The zero-order valence-corrected chi connectivity index (χ0v) is 17.8. The van der Waals surface area contributed by atoms with Crippen LogP contribution in [0.5, 0.6) is 0 Å². The highest BCUT2D eigenvalue weighted by atomic mass is 32.1. The smallest absolute Gasteiger partial charge is 0.291 e. The van der Waals surface area contributed by atoms with Crippen molar-refractivity contribution in [1.29, 1.82) is 0 Å². The van der Waals surface area contributed by atoms with Gasteiger partial charge in [0, 0.05) is 42.0 Å². The van der Waals surface area contributed by atoms with Gasteiger partial charge in [0.15, 0.2) is 0 Å². The van der Waals surface area contributed by atoms with Crippen molar-refractivity contribution in [2.75, 3.05) is 19.6 Å². The molecule has 3 heterocycles. The van der Waals surface area contributed by atoms with E-state index in [4.69, 9.17) is 0 Å². The molecule has 8 nitrogen and oxygen atoms in total. The summed E-state index contributed by atoms with van der Waals surface area (Å²) in [5.41, 5.74) is 2.47. The van der Waals surface area contributed by atoms with Crippen LogP contribution in [0.2, 0.25) is 0 Å². The molecule has 4 rings (SSSR count). The zero-order chi connectivity index (χ0) is 21.8. The van der Waals surface area contributed by atoms with E-state index in [1.54, 1.807) is 29.9 Å². The summed E-state index contributed by atoms with van der Waals surface area (Å²) in [6.45, 7) is 2.50. The van der Waals surface area contributed by atoms with E-state index in [1.807, 2.05) is 31.2 Å². The van der Waals surface area contributed by atoms with E-state index < -0.39 is 0 Å². The lowest BCUT2D eigenvalue weighted by atomic mass is 10.1.